The number of carbonyl (C=O) groups is 2. The number of thiazole rings is 1. The van der Waals surface area contributed by atoms with Gasteiger partial charge < -0.3 is 5.32 Å². The first-order chi connectivity index (χ1) is 13.1. The Bertz CT molecular complexity index is 861. The summed E-state index contributed by atoms with van der Waals surface area (Å²) >= 11 is 2.99. The van der Waals surface area contributed by atoms with Gasteiger partial charge in [-0.2, -0.15) is 0 Å². The van der Waals surface area contributed by atoms with Crippen molar-refractivity contribution in [1.82, 2.24) is 10.3 Å². The average Bonchev–Trinajstić information content (AvgIpc) is 3.37. The van der Waals surface area contributed by atoms with Crippen molar-refractivity contribution in [2.24, 2.45) is 5.92 Å². The van der Waals surface area contributed by atoms with Crippen molar-refractivity contribution in [3.63, 3.8) is 0 Å². The van der Waals surface area contributed by atoms with E-state index < -0.39 is 0 Å². The lowest BCUT2D eigenvalue weighted by Gasteiger charge is -2.15. The summed E-state index contributed by atoms with van der Waals surface area (Å²) in [4.78, 5) is 31.4. The zero-order valence-electron chi connectivity index (χ0n) is 15.3. The van der Waals surface area contributed by atoms with Gasteiger partial charge in [0.1, 0.15) is 0 Å². The highest BCUT2D eigenvalue weighted by Gasteiger charge is 2.24. The third-order valence-electron chi connectivity index (χ3n) is 4.84. The van der Waals surface area contributed by atoms with Crippen molar-refractivity contribution in [1.29, 1.82) is 0 Å². The summed E-state index contributed by atoms with van der Waals surface area (Å²) in [6, 6.07) is 7.78. The van der Waals surface area contributed by atoms with Crippen LogP contribution in [0.25, 0.3) is 0 Å². The number of thioether (sulfide) groups is 1. The summed E-state index contributed by atoms with van der Waals surface area (Å²) in [5.41, 5.74) is 1.72. The number of rotatable bonds is 6. The van der Waals surface area contributed by atoms with E-state index in [0.29, 0.717) is 28.4 Å². The second kappa shape index (κ2) is 8.02. The number of carbonyl (C=O) groups excluding carboxylic acids is 2. The van der Waals surface area contributed by atoms with Gasteiger partial charge in [0, 0.05) is 15.8 Å². The van der Waals surface area contributed by atoms with E-state index in [0.717, 1.165) is 42.7 Å². The minimum atomic E-state index is -0.167. The quantitative estimate of drug-likeness (QED) is 0.721. The first-order valence-electron chi connectivity index (χ1n) is 9.39. The van der Waals surface area contributed by atoms with Crippen LogP contribution in [0.4, 0.5) is 5.13 Å². The van der Waals surface area contributed by atoms with Crippen LogP contribution >= 0.6 is 23.1 Å². The first-order valence-corrected chi connectivity index (χ1v) is 11.2. The number of amides is 2. The molecule has 5 nitrogen and oxygen atoms in total. The summed E-state index contributed by atoms with van der Waals surface area (Å²) in [5, 5.41) is 6.60. The normalized spacial score (nSPS) is 18.6. The molecule has 0 spiro atoms. The molecule has 2 aliphatic carbocycles. The second-order valence-corrected chi connectivity index (χ2v) is 9.42. The van der Waals surface area contributed by atoms with E-state index in [2.05, 4.69) is 22.5 Å². The molecule has 27 heavy (non-hydrogen) atoms. The van der Waals surface area contributed by atoms with E-state index >= 15 is 0 Å². The zero-order chi connectivity index (χ0) is 18.8. The van der Waals surface area contributed by atoms with Crippen molar-refractivity contribution in [2.75, 3.05) is 11.1 Å². The molecule has 1 aromatic heterocycles. The number of hydrogen-bond donors (Lipinski definition) is 2. The summed E-state index contributed by atoms with van der Waals surface area (Å²) in [7, 11) is 0. The van der Waals surface area contributed by atoms with Gasteiger partial charge >= 0.3 is 0 Å². The minimum Gasteiger partial charge on any atom is -0.353 e. The average molecular weight is 402 g/mol. The Morgan fingerprint density at radius 3 is 2.89 bits per heavy atom. The number of aromatic nitrogens is 1. The van der Waals surface area contributed by atoms with E-state index in [9.17, 15) is 9.59 Å². The first kappa shape index (κ1) is 18.5. The highest BCUT2D eigenvalue weighted by atomic mass is 32.2. The SMILES string of the molecule is C[C@@H]1CCc2nc(NC(=O)c3ccccc3SCC(=O)NC3CC3)sc2C1. The molecule has 1 saturated carbocycles. The van der Waals surface area contributed by atoms with Gasteiger partial charge in [-0.05, 0) is 50.2 Å². The maximum atomic E-state index is 12.8. The van der Waals surface area contributed by atoms with Crippen LogP contribution in [0.5, 0.6) is 0 Å². The molecule has 0 aliphatic heterocycles. The molecule has 142 valence electrons. The molecular weight excluding hydrogens is 378 g/mol. The van der Waals surface area contributed by atoms with E-state index in [1.165, 1.54) is 16.6 Å². The highest BCUT2D eigenvalue weighted by molar-refractivity contribution is 8.00. The number of anilines is 1. The Morgan fingerprint density at radius 1 is 1.26 bits per heavy atom. The number of nitrogens with zero attached hydrogens (tertiary/aromatic N) is 1. The fraction of sp³-hybridized carbons (Fsp3) is 0.450. The van der Waals surface area contributed by atoms with Crippen molar-refractivity contribution < 1.29 is 9.59 Å². The third-order valence-corrected chi connectivity index (χ3v) is 6.95. The van der Waals surface area contributed by atoms with Crippen LogP contribution in [-0.4, -0.2) is 28.6 Å². The molecule has 0 saturated heterocycles. The summed E-state index contributed by atoms with van der Waals surface area (Å²) in [6.45, 7) is 2.26. The fourth-order valence-corrected chi connectivity index (χ4v) is 5.21. The van der Waals surface area contributed by atoms with Crippen LogP contribution in [0.15, 0.2) is 29.2 Å². The van der Waals surface area contributed by atoms with Gasteiger partial charge in [0.15, 0.2) is 5.13 Å². The zero-order valence-corrected chi connectivity index (χ0v) is 16.9. The van der Waals surface area contributed by atoms with Crippen LogP contribution in [-0.2, 0) is 17.6 Å². The monoisotopic (exact) mass is 401 g/mol. The second-order valence-electron chi connectivity index (χ2n) is 7.32. The largest absolute Gasteiger partial charge is 0.353 e. The van der Waals surface area contributed by atoms with E-state index in [-0.39, 0.29) is 11.8 Å². The maximum absolute atomic E-state index is 12.8. The fourth-order valence-electron chi connectivity index (χ4n) is 3.18. The minimum absolute atomic E-state index is 0.0272. The molecule has 1 fully saturated rings. The van der Waals surface area contributed by atoms with Crippen molar-refractivity contribution in [3.05, 3.63) is 40.4 Å². The molecule has 1 atom stereocenters. The maximum Gasteiger partial charge on any atom is 0.258 e. The van der Waals surface area contributed by atoms with Crippen LogP contribution in [0.1, 0.15) is 47.1 Å². The van der Waals surface area contributed by atoms with Gasteiger partial charge in [-0.3, -0.25) is 14.9 Å². The van der Waals surface area contributed by atoms with Crippen LogP contribution in [0, 0.1) is 5.92 Å². The van der Waals surface area contributed by atoms with Crippen molar-refractivity contribution in [3.8, 4) is 0 Å². The standard InChI is InChI=1S/C20H23N3O2S2/c1-12-6-9-15-17(10-12)27-20(22-15)23-19(25)14-4-2-3-5-16(14)26-11-18(24)21-13-7-8-13/h2-5,12-13H,6-11H2,1H3,(H,21,24)(H,22,23,25)/t12-/m1/s1. The van der Waals surface area contributed by atoms with Crippen molar-refractivity contribution >= 4 is 40.0 Å². The predicted molar refractivity (Wildman–Crippen MR) is 110 cm³/mol. The highest BCUT2D eigenvalue weighted by Crippen LogP contribution is 2.32. The van der Waals surface area contributed by atoms with Gasteiger partial charge in [0.2, 0.25) is 5.91 Å². The lowest BCUT2D eigenvalue weighted by Crippen LogP contribution is -2.27. The molecule has 4 rings (SSSR count). The summed E-state index contributed by atoms with van der Waals surface area (Å²) in [6.07, 6.45) is 5.35. The number of hydrogen-bond acceptors (Lipinski definition) is 5. The Hall–Kier alpha value is -1.86. The van der Waals surface area contributed by atoms with Crippen LogP contribution in [0.3, 0.4) is 0 Å². The molecule has 0 radical (unpaired) electrons. The summed E-state index contributed by atoms with van der Waals surface area (Å²) < 4.78 is 0. The molecular formula is C20H23N3O2S2. The Labute approximate surface area is 167 Å². The lowest BCUT2D eigenvalue weighted by atomic mass is 9.93. The molecule has 0 bridgehead atoms. The topological polar surface area (TPSA) is 71.1 Å². The number of benzene rings is 1. The Kier molecular flexibility index (Phi) is 5.50. The number of fused-ring (bicyclic) bond motifs is 1. The van der Waals surface area contributed by atoms with Gasteiger partial charge in [-0.15, -0.1) is 23.1 Å². The molecule has 1 heterocycles. The van der Waals surface area contributed by atoms with Crippen molar-refractivity contribution in [2.45, 2.75) is 50.0 Å². The number of nitrogens with one attached hydrogen (secondary N) is 2. The van der Waals surface area contributed by atoms with Gasteiger partial charge in [-0.25, -0.2) is 4.98 Å². The molecule has 2 N–H and O–H groups in total. The van der Waals surface area contributed by atoms with Gasteiger partial charge in [0.05, 0.1) is 17.0 Å². The van der Waals surface area contributed by atoms with E-state index in [1.54, 1.807) is 17.4 Å². The van der Waals surface area contributed by atoms with Gasteiger partial charge in [0.25, 0.3) is 5.91 Å². The number of aryl methyl sites for hydroxylation is 1. The Morgan fingerprint density at radius 2 is 2.07 bits per heavy atom. The van der Waals surface area contributed by atoms with Gasteiger partial charge in [-0.1, -0.05) is 19.1 Å². The van der Waals surface area contributed by atoms with E-state index in [1.807, 2.05) is 18.2 Å². The van der Waals surface area contributed by atoms with E-state index in [4.69, 9.17) is 0 Å². The molecule has 1 aromatic carbocycles. The third kappa shape index (κ3) is 4.71. The molecule has 2 amide bonds. The molecule has 0 unspecified atom stereocenters. The van der Waals surface area contributed by atoms with Crippen LogP contribution in [0.2, 0.25) is 0 Å². The lowest BCUT2D eigenvalue weighted by molar-refractivity contribution is -0.118. The smallest absolute Gasteiger partial charge is 0.258 e. The molecule has 2 aromatic rings. The molecule has 2 aliphatic rings. The molecule has 7 heteroatoms. The predicted octanol–water partition coefficient (Wildman–Crippen LogP) is 3.89. The Balaban J connectivity index is 1.41. The van der Waals surface area contributed by atoms with Crippen LogP contribution < -0.4 is 10.6 Å². The summed E-state index contributed by atoms with van der Waals surface area (Å²) in [5.74, 6) is 0.865.